The Morgan fingerprint density at radius 3 is 2.71 bits per heavy atom. The fourth-order valence-corrected chi connectivity index (χ4v) is 3.48. The lowest BCUT2D eigenvalue weighted by Gasteiger charge is -2.09. The molecule has 0 atom stereocenters. The van der Waals surface area contributed by atoms with E-state index in [0.29, 0.717) is 15.2 Å². The van der Waals surface area contributed by atoms with Gasteiger partial charge in [-0.2, -0.15) is 0 Å². The summed E-state index contributed by atoms with van der Waals surface area (Å²) in [7, 11) is 0. The van der Waals surface area contributed by atoms with Crippen molar-refractivity contribution >= 4 is 39.1 Å². The van der Waals surface area contributed by atoms with E-state index in [1.165, 1.54) is 22.2 Å². The van der Waals surface area contributed by atoms with Gasteiger partial charge in [0.2, 0.25) is 5.91 Å². The van der Waals surface area contributed by atoms with Crippen molar-refractivity contribution in [3.05, 3.63) is 51.3 Å². The van der Waals surface area contributed by atoms with Crippen molar-refractivity contribution in [1.29, 1.82) is 0 Å². The van der Waals surface area contributed by atoms with Crippen LogP contribution in [0.5, 0.6) is 0 Å². The molecule has 0 spiro atoms. The summed E-state index contributed by atoms with van der Waals surface area (Å²) in [6.07, 6.45) is 1.42. The highest BCUT2D eigenvalue weighted by molar-refractivity contribution is 7.17. The van der Waals surface area contributed by atoms with Gasteiger partial charge in [0.05, 0.1) is 11.7 Å². The van der Waals surface area contributed by atoms with E-state index in [2.05, 4.69) is 10.3 Å². The van der Waals surface area contributed by atoms with E-state index >= 15 is 0 Å². The maximum atomic E-state index is 12.8. The van der Waals surface area contributed by atoms with Crippen LogP contribution in [-0.4, -0.2) is 21.5 Å². The first kappa shape index (κ1) is 16.7. The van der Waals surface area contributed by atoms with Gasteiger partial charge in [0, 0.05) is 22.0 Å². The number of hydrogen-bond donors (Lipinski definition) is 1. The first-order chi connectivity index (χ1) is 11.5. The van der Waals surface area contributed by atoms with Gasteiger partial charge < -0.3 is 5.32 Å². The van der Waals surface area contributed by atoms with Gasteiger partial charge in [0.15, 0.2) is 0 Å². The lowest BCUT2D eigenvalue weighted by atomic mass is 10.1. The fraction of sp³-hybridized carbons (Fsp3) is 0.235. The number of hydrogen-bond acceptors (Lipinski definition) is 4. The number of nitrogens with zero attached hydrogens (tertiary/aromatic N) is 2. The number of carbonyl (C=O) groups is 1. The molecule has 0 aliphatic carbocycles. The molecule has 7 heteroatoms. The van der Waals surface area contributed by atoms with E-state index in [9.17, 15) is 9.59 Å². The molecule has 0 aliphatic rings. The van der Waals surface area contributed by atoms with Crippen LogP contribution in [0.15, 0.2) is 40.8 Å². The predicted molar refractivity (Wildman–Crippen MR) is 97.6 cm³/mol. The van der Waals surface area contributed by atoms with Gasteiger partial charge in [-0.3, -0.25) is 14.2 Å². The van der Waals surface area contributed by atoms with E-state index in [1.54, 1.807) is 12.1 Å². The van der Waals surface area contributed by atoms with Crippen molar-refractivity contribution in [1.82, 2.24) is 14.9 Å². The van der Waals surface area contributed by atoms with E-state index in [0.717, 1.165) is 11.1 Å². The highest BCUT2D eigenvalue weighted by atomic mass is 35.5. The highest BCUT2D eigenvalue weighted by Gasteiger charge is 2.15. The van der Waals surface area contributed by atoms with Crippen molar-refractivity contribution in [3.63, 3.8) is 0 Å². The van der Waals surface area contributed by atoms with E-state index < -0.39 is 0 Å². The Balaban J connectivity index is 2.04. The predicted octanol–water partition coefficient (Wildman–Crippen LogP) is 3.30. The molecule has 3 aromatic rings. The normalized spacial score (nSPS) is 11.2. The smallest absolute Gasteiger partial charge is 0.263 e. The van der Waals surface area contributed by atoms with Crippen LogP contribution >= 0.6 is 22.9 Å². The molecule has 0 bridgehead atoms. The quantitative estimate of drug-likeness (QED) is 0.775. The second-order valence-electron chi connectivity index (χ2n) is 5.74. The summed E-state index contributed by atoms with van der Waals surface area (Å²) < 4.78 is 1.34. The van der Waals surface area contributed by atoms with Crippen LogP contribution in [0, 0.1) is 0 Å². The van der Waals surface area contributed by atoms with E-state index in [-0.39, 0.29) is 24.1 Å². The van der Waals surface area contributed by atoms with E-state index in [4.69, 9.17) is 11.6 Å². The molecule has 2 heterocycles. The van der Waals surface area contributed by atoms with Gasteiger partial charge in [0.25, 0.3) is 5.56 Å². The monoisotopic (exact) mass is 361 g/mol. The Hall–Kier alpha value is -2.18. The second kappa shape index (κ2) is 6.75. The van der Waals surface area contributed by atoms with Crippen LogP contribution in [0.1, 0.15) is 13.8 Å². The summed E-state index contributed by atoms with van der Waals surface area (Å²) in [6, 6.07) is 7.32. The molecule has 0 saturated carbocycles. The molecule has 0 aliphatic heterocycles. The Bertz CT molecular complexity index is 945. The Morgan fingerprint density at radius 2 is 2.04 bits per heavy atom. The number of aromatic nitrogens is 2. The minimum absolute atomic E-state index is 0.0238. The molecular weight excluding hydrogens is 346 g/mol. The number of amides is 1. The largest absolute Gasteiger partial charge is 0.352 e. The average Bonchev–Trinajstić information content (AvgIpc) is 2.95. The van der Waals surface area contributed by atoms with Crippen LogP contribution in [0.25, 0.3) is 21.3 Å². The van der Waals surface area contributed by atoms with Gasteiger partial charge in [-0.15, -0.1) is 11.3 Å². The fourth-order valence-electron chi connectivity index (χ4n) is 2.44. The third-order valence-corrected chi connectivity index (χ3v) is 4.62. The highest BCUT2D eigenvalue weighted by Crippen LogP contribution is 2.31. The lowest BCUT2D eigenvalue weighted by molar-refractivity contribution is -0.122. The number of halogens is 1. The maximum absolute atomic E-state index is 12.8. The summed E-state index contributed by atoms with van der Waals surface area (Å²) in [6.45, 7) is 3.70. The zero-order valence-electron chi connectivity index (χ0n) is 13.2. The molecule has 0 fully saturated rings. The zero-order chi connectivity index (χ0) is 17.3. The topological polar surface area (TPSA) is 64.0 Å². The van der Waals surface area contributed by atoms with Crippen LogP contribution in [0.4, 0.5) is 0 Å². The second-order valence-corrected chi connectivity index (χ2v) is 7.03. The number of nitrogens with one attached hydrogen (secondary N) is 1. The Labute approximate surface area is 147 Å². The Kier molecular flexibility index (Phi) is 4.69. The van der Waals surface area contributed by atoms with E-state index in [1.807, 2.05) is 31.4 Å². The Morgan fingerprint density at radius 1 is 1.33 bits per heavy atom. The number of fused-ring (bicyclic) bond motifs is 1. The summed E-state index contributed by atoms with van der Waals surface area (Å²) in [5, 5.41) is 5.85. The van der Waals surface area contributed by atoms with Gasteiger partial charge in [-0.05, 0) is 31.5 Å². The number of thiophene rings is 1. The van der Waals surface area contributed by atoms with Crippen molar-refractivity contribution in [2.75, 3.05) is 0 Å². The van der Waals surface area contributed by atoms with Crippen LogP contribution in [-0.2, 0) is 11.3 Å². The molecule has 3 rings (SSSR count). The minimum Gasteiger partial charge on any atom is -0.352 e. The number of benzene rings is 1. The third-order valence-electron chi connectivity index (χ3n) is 3.48. The first-order valence-electron chi connectivity index (χ1n) is 7.47. The molecule has 2 aromatic heterocycles. The van der Waals surface area contributed by atoms with Gasteiger partial charge in [-0.25, -0.2) is 4.98 Å². The maximum Gasteiger partial charge on any atom is 0.263 e. The molecule has 1 N–H and O–H groups in total. The molecular formula is C17H16ClN3O2S. The standard InChI is InChI=1S/C17H16ClN3O2S/c1-10(2)20-14(22)7-21-9-19-16-15(17(21)23)13(8-24-16)11-3-5-12(18)6-4-11/h3-6,8-10H,7H2,1-2H3,(H,20,22). The molecule has 0 radical (unpaired) electrons. The summed E-state index contributed by atoms with van der Waals surface area (Å²) in [5.41, 5.74) is 1.49. The first-order valence-corrected chi connectivity index (χ1v) is 8.73. The summed E-state index contributed by atoms with van der Waals surface area (Å²) >= 11 is 7.33. The molecule has 1 amide bonds. The zero-order valence-corrected chi connectivity index (χ0v) is 14.8. The minimum atomic E-state index is -0.217. The van der Waals surface area contributed by atoms with Crippen LogP contribution in [0.2, 0.25) is 5.02 Å². The lowest BCUT2D eigenvalue weighted by Crippen LogP contribution is -2.36. The van der Waals surface area contributed by atoms with Crippen molar-refractivity contribution in [2.45, 2.75) is 26.4 Å². The molecule has 24 heavy (non-hydrogen) atoms. The molecule has 0 unspecified atom stereocenters. The van der Waals surface area contributed by atoms with Crippen molar-refractivity contribution in [3.8, 4) is 11.1 Å². The molecule has 0 saturated heterocycles. The number of rotatable bonds is 4. The summed E-state index contributed by atoms with van der Waals surface area (Å²) in [4.78, 5) is 29.7. The molecule has 5 nitrogen and oxygen atoms in total. The van der Waals surface area contributed by atoms with Gasteiger partial charge in [-0.1, -0.05) is 23.7 Å². The molecule has 124 valence electrons. The summed E-state index contributed by atoms with van der Waals surface area (Å²) in [5.74, 6) is -0.212. The van der Waals surface area contributed by atoms with Crippen LogP contribution < -0.4 is 10.9 Å². The average molecular weight is 362 g/mol. The molecule has 1 aromatic carbocycles. The van der Waals surface area contributed by atoms with Crippen LogP contribution in [0.3, 0.4) is 0 Å². The van der Waals surface area contributed by atoms with Gasteiger partial charge in [0.1, 0.15) is 11.4 Å². The number of carbonyl (C=O) groups excluding carboxylic acids is 1. The van der Waals surface area contributed by atoms with Crippen molar-refractivity contribution < 1.29 is 4.79 Å². The SMILES string of the molecule is CC(C)NC(=O)Cn1cnc2scc(-c3ccc(Cl)cc3)c2c1=O. The van der Waals surface area contributed by atoms with Crippen molar-refractivity contribution in [2.24, 2.45) is 0 Å². The van der Waals surface area contributed by atoms with Gasteiger partial charge >= 0.3 is 0 Å². The third kappa shape index (κ3) is 3.34.